The Morgan fingerprint density at radius 2 is 1.89 bits per heavy atom. The Hall–Kier alpha value is -3.22. The Labute approximate surface area is 219 Å². The van der Waals surface area contributed by atoms with E-state index in [1.54, 1.807) is 13.1 Å². The van der Waals surface area contributed by atoms with Crippen LogP contribution in [-0.4, -0.2) is 69.8 Å². The Morgan fingerprint density at radius 3 is 2.58 bits per heavy atom. The second-order valence-corrected chi connectivity index (χ2v) is 11.2. The number of aromatic hydroxyl groups is 1. The zero-order valence-corrected chi connectivity index (χ0v) is 21.4. The molecule has 38 heavy (non-hydrogen) atoms. The highest BCUT2D eigenvalue weighted by atomic mass is 19.4. The quantitative estimate of drug-likeness (QED) is 0.557. The number of likely N-dealkylation sites (N-methyl/N-ethyl adjacent to an activating group) is 2. The van der Waals surface area contributed by atoms with Crippen molar-refractivity contribution in [3.05, 3.63) is 58.7 Å². The predicted octanol–water partition coefficient (Wildman–Crippen LogP) is 3.46. The number of piperidine rings is 1. The minimum absolute atomic E-state index is 0.0169. The lowest BCUT2D eigenvalue weighted by Gasteiger charge is -2.67. The number of nitrogens with zero attached hydrogens (tertiary/aromatic N) is 2. The highest BCUT2D eigenvalue weighted by Gasteiger charge is 2.78. The molecule has 200 valence electrons. The molecule has 1 spiro atoms. The third-order valence-corrected chi connectivity index (χ3v) is 9.64. The third-order valence-electron chi connectivity index (χ3n) is 9.64. The summed E-state index contributed by atoms with van der Waals surface area (Å²) in [6, 6.07) is 7.32. The molecule has 2 aliphatic carbocycles. The fourth-order valence-corrected chi connectivity index (χ4v) is 7.84. The Kier molecular flexibility index (Phi) is 5.21. The molecule has 4 aliphatic rings. The molecule has 2 aromatic rings. The highest BCUT2D eigenvalue weighted by Crippen LogP contribution is 2.69. The lowest BCUT2D eigenvalue weighted by atomic mass is 9.44. The number of hydrogen-bond acceptors (Lipinski definition) is 5. The summed E-state index contributed by atoms with van der Waals surface area (Å²) in [5.41, 5.74) is -1.54. The SMILES string of the molecule is CN1CC[C@]23c4c5ccc(O)c4O[C@@]2(C)[C@H](N(C)C(=O)C#Cc2ccc(C(F)(F)F)cc2)CC[C@@]3(O)[C@H]1C5. The summed E-state index contributed by atoms with van der Waals surface area (Å²) in [5, 5.41) is 23.2. The van der Waals surface area contributed by atoms with Crippen LogP contribution in [0.4, 0.5) is 13.2 Å². The van der Waals surface area contributed by atoms with Crippen LogP contribution in [0.25, 0.3) is 0 Å². The van der Waals surface area contributed by atoms with Crippen LogP contribution >= 0.6 is 0 Å². The van der Waals surface area contributed by atoms with Crippen LogP contribution in [-0.2, 0) is 22.8 Å². The summed E-state index contributed by atoms with van der Waals surface area (Å²) < 4.78 is 45.2. The predicted molar refractivity (Wildman–Crippen MR) is 133 cm³/mol. The second-order valence-electron chi connectivity index (χ2n) is 11.2. The van der Waals surface area contributed by atoms with Crippen LogP contribution in [0.15, 0.2) is 36.4 Å². The molecule has 2 heterocycles. The molecule has 0 radical (unpaired) electrons. The molecule has 0 unspecified atom stereocenters. The number of carbonyl (C=O) groups is 1. The molecule has 1 amide bonds. The normalized spacial score (nSPS) is 33.0. The number of phenolic OH excluding ortho intramolecular Hbond substituents is 1. The van der Waals surface area contributed by atoms with Crippen molar-refractivity contribution in [1.82, 2.24) is 9.80 Å². The van der Waals surface area contributed by atoms with E-state index in [0.29, 0.717) is 37.0 Å². The van der Waals surface area contributed by atoms with E-state index in [0.717, 1.165) is 29.8 Å². The number of amides is 1. The van der Waals surface area contributed by atoms with E-state index in [2.05, 4.69) is 16.7 Å². The summed E-state index contributed by atoms with van der Waals surface area (Å²) in [5.74, 6) is 5.15. The molecular weight excluding hydrogens is 497 g/mol. The summed E-state index contributed by atoms with van der Waals surface area (Å²) in [7, 11) is 3.66. The molecule has 2 aromatic carbocycles. The van der Waals surface area contributed by atoms with E-state index in [4.69, 9.17) is 4.74 Å². The van der Waals surface area contributed by atoms with Gasteiger partial charge in [-0.25, -0.2) is 0 Å². The van der Waals surface area contributed by atoms with Gasteiger partial charge < -0.3 is 24.7 Å². The minimum Gasteiger partial charge on any atom is -0.504 e. The molecule has 2 bridgehead atoms. The fourth-order valence-electron chi connectivity index (χ4n) is 7.84. The largest absolute Gasteiger partial charge is 0.504 e. The van der Waals surface area contributed by atoms with Crippen molar-refractivity contribution in [3.8, 4) is 23.3 Å². The lowest BCUT2D eigenvalue weighted by molar-refractivity contribution is -0.226. The summed E-state index contributed by atoms with van der Waals surface area (Å²) in [6.07, 6.45) is -2.28. The molecule has 2 fully saturated rings. The van der Waals surface area contributed by atoms with Gasteiger partial charge in [0.25, 0.3) is 5.91 Å². The number of aliphatic hydroxyl groups is 1. The van der Waals surface area contributed by atoms with Gasteiger partial charge in [-0.15, -0.1) is 0 Å². The number of carbonyl (C=O) groups excluding carboxylic acids is 1. The first-order valence-corrected chi connectivity index (χ1v) is 12.8. The third kappa shape index (κ3) is 3.07. The van der Waals surface area contributed by atoms with Crippen LogP contribution in [0.1, 0.15) is 48.4 Å². The number of halogens is 3. The number of alkyl halides is 3. The Morgan fingerprint density at radius 1 is 1.18 bits per heavy atom. The van der Waals surface area contributed by atoms with Crippen LogP contribution in [0.3, 0.4) is 0 Å². The molecule has 2 N–H and O–H groups in total. The molecular formula is C29H29F3N2O4. The highest BCUT2D eigenvalue weighted by molar-refractivity contribution is 5.94. The van der Waals surface area contributed by atoms with Crippen molar-refractivity contribution in [3.63, 3.8) is 0 Å². The van der Waals surface area contributed by atoms with E-state index in [1.165, 1.54) is 17.0 Å². The van der Waals surface area contributed by atoms with Gasteiger partial charge in [-0.2, -0.15) is 13.2 Å². The van der Waals surface area contributed by atoms with Crippen molar-refractivity contribution in [2.45, 2.75) is 67.5 Å². The molecule has 1 saturated heterocycles. The van der Waals surface area contributed by atoms with Gasteiger partial charge in [0.15, 0.2) is 11.5 Å². The fraction of sp³-hybridized carbons (Fsp3) is 0.483. The van der Waals surface area contributed by atoms with Crippen molar-refractivity contribution in [2.75, 3.05) is 20.6 Å². The maximum Gasteiger partial charge on any atom is 0.416 e. The van der Waals surface area contributed by atoms with Gasteiger partial charge in [0.2, 0.25) is 0 Å². The molecule has 2 aliphatic heterocycles. The Bertz CT molecular complexity index is 1400. The van der Waals surface area contributed by atoms with E-state index >= 15 is 0 Å². The Balaban J connectivity index is 1.37. The number of ether oxygens (including phenoxy) is 1. The summed E-state index contributed by atoms with van der Waals surface area (Å²) >= 11 is 0. The van der Waals surface area contributed by atoms with Crippen molar-refractivity contribution >= 4 is 5.91 Å². The van der Waals surface area contributed by atoms with Crippen LogP contribution < -0.4 is 4.74 Å². The molecule has 0 aromatic heterocycles. The minimum atomic E-state index is -4.45. The first-order chi connectivity index (χ1) is 17.8. The zero-order valence-electron chi connectivity index (χ0n) is 21.4. The van der Waals surface area contributed by atoms with E-state index in [9.17, 15) is 28.2 Å². The van der Waals surface area contributed by atoms with Crippen molar-refractivity contribution < 1.29 is 32.9 Å². The standard InChI is InChI=1S/C29H29F3N2O4/c1-26-21(34(3)23(36)11-6-17-4-8-19(9-5-17)29(30,31)32)12-13-28(37)22-16-18-7-10-20(35)25(38-26)24(18)27(26,28)14-15-33(22)2/h4-5,7-10,21-22,35,37H,12-16H2,1-3H3/t21-,22-,26+,27+,28-/m1/s1. The van der Waals surface area contributed by atoms with Crippen LogP contribution in [0, 0.1) is 11.8 Å². The number of likely N-dealkylation sites (tertiary alicyclic amines) is 1. The van der Waals surface area contributed by atoms with Gasteiger partial charge in [0.05, 0.1) is 22.6 Å². The summed E-state index contributed by atoms with van der Waals surface area (Å²) in [4.78, 5) is 17.0. The molecule has 5 atom stereocenters. The van der Waals surface area contributed by atoms with Gasteiger partial charge in [-0.1, -0.05) is 12.0 Å². The van der Waals surface area contributed by atoms with Crippen LogP contribution in [0.5, 0.6) is 11.5 Å². The number of rotatable bonds is 1. The average Bonchev–Trinajstić information content (AvgIpc) is 3.15. The first kappa shape index (κ1) is 25.1. The van der Waals surface area contributed by atoms with Gasteiger partial charge >= 0.3 is 6.18 Å². The van der Waals surface area contributed by atoms with Crippen molar-refractivity contribution in [1.29, 1.82) is 0 Å². The maximum absolute atomic E-state index is 13.3. The smallest absolute Gasteiger partial charge is 0.416 e. The maximum atomic E-state index is 13.3. The first-order valence-electron chi connectivity index (χ1n) is 12.8. The lowest BCUT2D eigenvalue weighted by Crippen LogP contribution is -2.81. The topological polar surface area (TPSA) is 73.2 Å². The second kappa shape index (κ2) is 7.90. The van der Waals surface area contributed by atoms with Crippen molar-refractivity contribution in [2.24, 2.45) is 0 Å². The van der Waals surface area contributed by atoms with Gasteiger partial charge in [-0.3, -0.25) is 4.79 Å². The van der Waals surface area contributed by atoms with Gasteiger partial charge in [-0.05, 0) is 82.1 Å². The number of phenols is 1. The van der Waals surface area contributed by atoms with E-state index in [1.807, 2.05) is 20.0 Å². The molecule has 1 saturated carbocycles. The van der Waals surface area contributed by atoms with E-state index in [-0.39, 0.29) is 11.8 Å². The summed E-state index contributed by atoms with van der Waals surface area (Å²) in [6.45, 7) is 2.66. The van der Waals surface area contributed by atoms with Crippen LogP contribution in [0.2, 0.25) is 0 Å². The van der Waals surface area contributed by atoms with E-state index < -0.39 is 40.3 Å². The zero-order chi connectivity index (χ0) is 27.3. The molecule has 6 rings (SSSR count). The average molecular weight is 527 g/mol. The number of benzene rings is 2. The molecule has 6 nitrogen and oxygen atoms in total. The number of hydrogen-bond donors (Lipinski definition) is 2. The van der Waals surface area contributed by atoms with Gasteiger partial charge in [0, 0.05) is 30.1 Å². The monoisotopic (exact) mass is 526 g/mol. The van der Waals surface area contributed by atoms with Gasteiger partial charge in [0.1, 0.15) is 5.60 Å². The molecule has 9 heteroatoms.